The topological polar surface area (TPSA) is 88.5 Å². The zero-order chi connectivity index (χ0) is 19.1. The average molecular weight is 371 g/mol. The number of carbonyl (C=O) groups is 1. The highest BCUT2D eigenvalue weighted by Gasteiger charge is 2.23. The van der Waals surface area contributed by atoms with Crippen LogP contribution in [0, 0.1) is 5.92 Å². The molecule has 1 amide bonds. The second kappa shape index (κ2) is 9.39. The molecule has 1 unspecified atom stereocenters. The number of hydrogen-bond donors (Lipinski definition) is 2. The summed E-state index contributed by atoms with van der Waals surface area (Å²) in [5.74, 6) is 1.07. The molecule has 7 heteroatoms. The summed E-state index contributed by atoms with van der Waals surface area (Å²) in [5.41, 5.74) is 7.57. The maximum absolute atomic E-state index is 11.2. The SMILES string of the molecule is CCNC(=NCCCn1cnc2ccccc21)N1CCCC(CC(N)=O)C1. The fourth-order valence-corrected chi connectivity index (χ4v) is 3.75. The Morgan fingerprint density at radius 1 is 1.41 bits per heavy atom. The number of nitrogens with two attached hydrogens (primary N) is 1. The average Bonchev–Trinajstić information content (AvgIpc) is 3.07. The number of fused-ring (bicyclic) bond motifs is 1. The molecule has 1 aromatic heterocycles. The molecule has 0 saturated carbocycles. The molecule has 2 heterocycles. The highest BCUT2D eigenvalue weighted by Crippen LogP contribution is 2.19. The number of imidazole rings is 1. The molecular formula is C20H30N6O. The minimum absolute atomic E-state index is 0.212. The standard InChI is InChI=1S/C20H30N6O/c1-2-22-20(25-11-5-7-16(14-25)13-19(21)27)23-10-6-12-26-15-24-17-8-3-4-9-18(17)26/h3-4,8-9,15-16H,2,5-7,10-14H2,1H3,(H2,21,27)(H,22,23). The number of nitrogens with zero attached hydrogens (tertiary/aromatic N) is 4. The van der Waals surface area contributed by atoms with E-state index >= 15 is 0 Å². The molecular weight excluding hydrogens is 340 g/mol. The summed E-state index contributed by atoms with van der Waals surface area (Å²) in [7, 11) is 0. The minimum Gasteiger partial charge on any atom is -0.370 e. The van der Waals surface area contributed by atoms with E-state index in [4.69, 9.17) is 10.7 Å². The molecule has 146 valence electrons. The maximum Gasteiger partial charge on any atom is 0.217 e. The number of piperidine rings is 1. The Labute approximate surface area is 160 Å². The number of primary amides is 1. The third-order valence-corrected chi connectivity index (χ3v) is 4.99. The Balaban J connectivity index is 1.56. The third kappa shape index (κ3) is 5.21. The van der Waals surface area contributed by atoms with Gasteiger partial charge in [-0.15, -0.1) is 0 Å². The van der Waals surface area contributed by atoms with Crippen LogP contribution in [-0.4, -0.2) is 52.5 Å². The summed E-state index contributed by atoms with van der Waals surface area (Å²) in [6.07, 6.45) is 5.45. The quantitative estimate of drug-likeness (QED) is 0.443. The van der Waals surface area contributed by atoms with Gasteiger partial charge >= 0.3 is 0 Å². The summed E-state index contributed by atoms with van der Waals surface area (Å²) < 4.78 is 2.18. The number of guanidine groups is 1. The van der Waals surface area contributed by atoms with Crippen LogP contribution in [0.25, 0.3) is 11.0 Å². The number of nitrogens with one attached hydrogen (secondary N) is 1. The van der Waals surface area contributed by atoms with Gasteiger partial charge in [0.15, 0.2) is 5.96 Å². The summed E-state index contributed by atoms with van der Waals surface area (Å²) in [6, 6.07) is 8.19. The summed E-state index contributed by atoms with van der Waals surface area (Å²) in [4.78, 5) is 22.8. The fourth-order valence-electron chi connectivity index (χ4n) is 3.75. The first-order valence-corrected chi connectivity index (χ1v) is 9.88. The first kappa shape index (κ1) is 19.2. The minimum atomic E-state index is -0.212. The Morgan fingerprint density at radius 2 is 2.26 bits per heavy atom. The number of likely N-dealkylation sites (tertiary alicyclic amines) is 1. The van der Waals surface area contributed by atoms with E-state index in [0.29, 0.717) is 12.3 Å². The van der Waals surface area contributed by atoms with Crippen LogP contribution >= 0.6 is 0 Å². The van der Waals surface area contributed by atoms with Gasteiger partial charge in [0.05, 0.1) is 17.4 Å². The lowest BCUT2D eigenvalue weighted by atomic mass is 9.95. The lowest BCUT2D eigenvalue weighted by Crippen LogP contribution is -2.47. The number of aromatic nitrogens is 2. The van der Waals surface area contributed by atoms with Crippen molar-refractivity contribution in [3.63, 3.8) is 0 Å². The van der Waals surface area contributed by atoms with Crippen molar-refractivity contribution >= 4 is 22.9 Å². The van der Waals surface area contributed by atoms with Gasteiger partial charge in [0.2, 0.25) is 5.91 Å². The molecule has 2 aromatic rings. The lowest BCUT2D eigenvalue weighted by Gasteiger charge is -2.34. The van der Waals surface area contributed by atoms with E-state index < -0.39 is 0 Å². The third-order valence-electron chi connectivity index (χ3n) is 4.99. The number of aryl methyl sites for hydroxylation is 1. The highest BCUT2D eigenvalue weighted by atomic mass is 16.1. The van der Waals surface area contributed by atoms with Crippen LogP contribution in [0.1, 0.15) is 32.6 Å². The number of benzene rings is 1. The number of hydrogen-bond acceptors (Lipinski definition) is 3. The Hall–Kier alpha value is -2.57. The molecule has 1 atom stereocenters. The van der Waals surface area contributed by atoms with E-state index in [-0.39, 0.29) is 5.91 Å². The van der Waals surface area contributed by atoms with Gasteiger partial charge in [-0.3, -0.25) is 9.79 Å². The van der Waals surface area contributed by atoms with E-state index in [1.54, 1.807) is 0 Å². The van der Waals surface area contributed by atoms with Crippen molar-refractivity contribution in [1.82, 2.24) is 19.8 Å². The van der Waals surface area contributed by atoms with Gasteiger partial charge in [0.1, 0.15) is 0 Å². The van der Waals surface area contributed by atoms with Crippen LogP contribution in [0.5, 0.6) is 0 Å². The molecule has 0 bridgehead atoms. The summed E-state index contributed by atoms with van der Waals surface area (Å²) in [5, 5.41) is 3.39. The normalized spacial score (nSPS) is 18.0. The van der Waals surface area contributed by atoms with Crippen LogP contribution in [0.2, 0.25) is 0 Å². The number of aliphatic imine (C=N–C) groups is 1. The second-order valence-corrected chi connectivity index (χ2v) is 7.14. The summed E-state index contributed by atoms with van der Waals surface area (Å²) in [6.45, 7) is 6.40. The van der Waals surface area contributed by atoms with Crippen molar-refractivity contribution in [2.75, 3.05) is 26.2 Å². The van der Waals surface area contributed by atoms with E-state index in [1.807, 2.05) is 24.5 Å². The van der Waals surface area contributed by atoms with Crippen molar-refractivity contribution in [3.05, 3.63) is 30.6 Å². The molecule has 3 N–H and O–H groups in total. The molecule has 0 spiro atoms. The first-order chi connectivity index (χ1) is 13.2. The Bertz CT molecular complexity index is 784. The van der Waals surface area contributed by atoms with Gasteiger partial charge in [0.25, 0.3) is 0 Å². The van der Waals surface area contributed by atoms with Crippen molar-refractivity contribution in [1.29, 1.82) is 0 Å². The molecule has 7 nitrogen and oxygen atoms in total. The van der Waals surface area contributed by atoms with E-state index in [9.17, 15) is 4.79 Å². The van der Waals surface area contributed by atoms with Gasteiger partial charge in [-0.2, -0.15) is 0 Å². The van der Waals surface area contributed by atoms with Crippen molar-refractivity contribution in [3.8, 4) is 0 Å². The van der Waals surface area contributed by atoms with Crippen LogP contribution in [-0.2, 0) is 11.3 Å². The van der Waals surface area contributed by atoms with Crippen LogP contribution in [0.4, 0.5) is 0 Å². The predicted molar refractivity (Wildman–Crippen MR) is 108 cm³/mol. The van der Waals surface area contributed by atoms with E-state index in [0.717, 1.165) is 63.5 Å². The smallest absolute Gasteiger partial charge is 0.217 e. The zero-order valence-electron chi connectivity index (χ0n) is 16.1. The van der Waals surface area contributed by atoms with E-state index in [2.05, 4.69) is 32.8 Å². The Kier molecular flexibility index (Phi) is 6.68. The highest BCUT2D eigenvalue weighted by molar-refractivity contribution is 5.80. The molecule has 27 heavy (non-hydrogen) atoms. The number of rotatable bonds is 7. The lowest BCUT2D eigenvalue weighted by molar-refractivity contribution is -0.119. The molecule has 3 rings (SSSR count). The molecule has 1 aliphatic rings. The summed E-state index contributed by atoms with van der Waals surface area (Å²) >= 11 is 0. The van der Waals surface area contributed by atoms with Gasteiger partial charge in [0, 0.05) is 39.1 Å². The van der Waals surface area contributed by atoms with Gasteiger partial charge in [-0.05, 0) is 44.2 Å². The van der Waals surface area contributed by atoms with Gasteiger partial charge < -0.3 is 20.5 Å². The van der Waals surface area contributed by atoms with Crippen LogP contribution in [0.3, 0.4) is 0 Å². The van der Waals surface area contributed by atoms with E-state index in [1.165, 1.54) is 5.52 Å². The predicted octanol–water partition coefficient (Wildman–Crippen LogP) is 1.98. The zero-order valence-corrected chi connectivity index (χ0v) is 16.1. The molecule has 1 fully saturated rings. The largest absolute Gasteiger partial charge is 0.370 e. The molecule has 0 aliphatic carbocycles. The number of amides is 1. The van der Waals surface area contributed by atoms with Crippen molar-refractivity contribution < 1.29 is 4.79 Å². The molecule has 1 saturated heterocycles. The van der Waals surface area contributed by atoms with Crippen LogP contribution in [0.15, 0.2) is 35.6 Å². The second-order valence-electron chi connectivity index (χ2n) is 7.14. The number of para-hydroxylation sites is 2. The van der Waals surface area contributed by atoms with Gasteiger partial charge in [-0.1, -0.05) is 12.1 Å². The number of carbonyl (C=O) groups excluding carboxylic acids is 1. The molecule has 1 aromatic carbocycles. The van der Waals surface area contributed by atoms with Crippen molar-refractivity contribution in [2.24, 2.45) is 16.6 Å². The maximum atomic E-state index is 11.2. The first-order valence-electron chi connectivity index (χ1n) is 9.88. The Morgan fingerprint density at radius 3 is 3.07 bits per heavy atom. The monoisotopic (exact) mass is 370 g/mol. The fraction of sp³-hybridized carbons (Fsp3) is 0.550. The molecule has 0 radical (unpaired) electrons. The molecule has 1 aliphatic heterocycles. The van der Waals surface area contributed by atoms with Gasteiger partial charge in [-0.25, -0.2) is 4.98 Å². The van der Waals surface area contributed by atoms with Crippen LogP contribution < -0.4 is 11.1 Å². The van der Waals surface area contributed by atoms with Crippen molar-refractivity contribution in [2.45, 2.75) is 39.2 Å².